The van der Waals surface area contributed by atoms with Crippen molar-refractivity contribution in [2.24, 2.45) is 5.73 Å². The van der Waals surface area contributed by atoms with E-state index in [1.165, 1.54) is 17.0 Å². The summed E-state index contributed by atoms with van der Waals surface area (Å²) in [5.41, 5.74) is 4.97. The number of nitrogens with zero attached hydrogens (tertiary/aromatic N) is 1. The summed E-state index contributed by atoms with van der Waals surface area (Å²) < 4.78 is 27.0. The highest BCUT2D eigenvalue weighted by molar-refractivity contribution is 5.82. The van der Waals surface area contributed by atoms with Crippen LogP contribution in [-0.2, 0) is 4.79 Å². The van der Waals surface area contributed by atoms with Crippen molar-refractivity contribution in [2.75, 3.05) is 0 Å². The summed E-state index contributed by atoms with van der Waals surface area (Å²) in [4.78, 5) is 13.9. The molecule has 4 nitrogen and oxygen atoms in total. The fourth-order valence-corrected chi connectivity index (χ4v) is 3.14. The van der Waals surface area contributed by atoms with E-state index in [1.54, 1.807) is 20.8 Å². The molecule has 1 amide bonds. The van der Waals surface area contributed by atoms with Crippen LogP contribution in [0.1, 0.15) is 45.2 Å². The first-order chi connectivity index (χ1) is 10.1. The van der Waals surface area contributed by atoms with Gasteiger partial charge in [-0.25, -0.2) is 8.78 Å². The monoisotopic (exact) mass is 312 g/mol. The number of benzene rings is 1. The van der Waals surface area contributed by atoms with E-state index in [4.69, 9.17) is 5.73 Å². The van der Waals surface area contributed by atoms with E-state index < -0.39 is 35.4 Å². The fourth-order valence-electron chi connectivity index (χ4n) is 3.14. The van der Waals surface area contributed by atoms with Crippen molar-refractivity contribution < 1.29 is 18.7 Å². The molecule has 22 heavy (non-hydrogen) atoms. The zero-order chi connectivity index (χ0) is 16.7. The maximum Gasteiger partial charge on any atom is 0.240 e. The summed E-state index contributed by atoms with van der Waals surface area (Å²) in [6.07, 6.45) is 1.07. The largest absolute Gasteiger partial charge is 0.388 e. The molecule has 2 rings (SSSR count). The molecule has 0 aromatic heterocycles. The van der Waals surface area contributed by atoms with Gasteiger partial charge in [-0.1, -0.05) is 0 Å². The van der Waals surface area contributed by atoms with E-state index in [9.17, 15) is 18.7 Å². The van der Waals surface area contributed by atoms with Crippen LogP contribution in [0.15, 0.2) is 18.2 Å². The molecule has 1 unspecified atom stereocenters. The lowest BCUT2D eigenvalue weighted by atomic mass is 9.96. The van der Waals surface area contributed by atoms with Gasteiger partial charge in [0, 0.05) is 6.07 Å². The van der Waals surface area contributed by atoms with Crippen LogP contribution in [0.2, 0.25) is 0 Å². The predicted molar refractivity (Wildman–Crippen MR) is 78.9 cm³/mol. The number of halogens is 2. The average molecular weight is 312 g/mol. The van der Waals surface area contributed by atoms with Crippen molar-refractivity contribution in [3.63, 3.8) is 0 Å². The number of carbonyl (C=O) groups excluding carboxylic acids is 1. The zero-order valence-electron chi connectivity index (χ0n) is 13.0. The molecule has 122 valence electrons. The van der Waals surface area contributed by atoms with E-state index in [0.717, 1.165) is 6.07 Å². The van der Waals surface area contributed by atoms with Gasteiger partial charge in [0.25, 0.3) is 0 Å². The van der Waals surface area contributed by atoms with E-state index in [2.05, 4.69) is 0 Å². The van der Waals surface area contributed by atoms with E-state index in [0.29, 0.717) is 18.4 Å². The summed E-state index contributed by atoms with van der Waals surface area (Å²) in [5, 5.41) is 10.3. The van der Waals surface area contributed by atoms with Gasteiger partial charge in [-0.15, -0.1) is 0 Å². The van der Waals surface area contributed by atoms with Gasteiger partial charge in [0.2, 0.25) is 5.91 Å². The van der Waals surface area contributed by atoms with Crippen molar-refractivity contribution in [1.82, 2.24) is 4.90 Å². The Morgan fingerprint density at radius 1 is 1.32 bits per heavy atom. The normalized spacial score (nSPS) is 23.7. The number of amides is 1. The topological polar surface area (TPSA) is 66.6 Å². The second kappa shape index (κ2) is 5.93. The van der Waals surface area contributed by atoms with Crippen LogP contribution in [0.25, 0.3) is 0 Å². The summed E-state index contributed by atoms with van der Waals surface area (Å²) in [7, 11) is 0. The molecule has 1 aromatic carbocycles. The second-order valence-corrected chi connectivity index (χ2v) is 6.50. The first kappa shape index (κ1) is 16.8. The summed E-state index contributed by atoms with van der Waals surface area (Å²) >= 11 is 0. The van der Waals surface area contributed by atoms with Gasteiger partial charge in [0.1, 0.15) is 11.6 Å². The molecule has 1 saturated heterocycles. The first-order valence-electron chi connectivity index (χ1n) is 7.37. The summed E-state index contributed by atoms with van der Waals surface area (Å²) in [6.45, 7) is 4.80. The SMILES string of the molecule is C[C@@H](N)C(=O)N1C(C(C)(C)O)CC[C@H]1c1cc(F)cc(F)c1. The van der Waals surface area contributed by atoms with Crippen molar-refractivity contribution in [1.29, 1.82) is 0 Å². The molecule has 0 radical (unpaired) electrons. The quantitative estimate of drug-likeness (QED) is 0.898. The third-order valence-electron chi connectivity index (χ3n) is 4.11. The Balaban J connectivity index is 2.43. The van der Waals surface area contributed by atoms with E-state index >= 15 is 0 Å². The Kier molecular flexibility index (Phi) is 4.54. The van der Waals surface area contributed by atoms with Crippen molar-refractivity contribution in [2.45, 2.75) is 57.3 Å². The molecule has 0 saturated carbocycles. The molecule has 0 bridgehead atoms. The highest BCUT2D eigenvalue weighted by Crippen LogP contribution is 2.40. The highest BCUT2D eigenvalue weighted by atomic mass is 19.1. The molecular weight excluding hydrogens is 290 g/mol. The lowest BCUT2D eigenvalue weighted by Crippen LogP contribution is -2.53. The molecule has 1 aliphatic rings. The fraction of sp³-hybridized carbons (Fsp3) is 0.562. The van der Waals surface area contributed by atoms with Gasteiger partial charge in [-0.3, -0.25) is 4.79 Å². The van der Waals surface area contributed by atoms with Crippen LogP contribution in [0.5, 0.6) is 0 Å². The number of rotatable bonds is 3. The third-order valence-corrected chi connectivity index (χ3v) is 4.11. The van der Waals surface area contributed by atoms with Gasteiger partial charge in [0.05, 0.1) is 23.7 Å². The number of hydrogen-bond acceptors (Lipinski definition) is 3. The number of likely N-dealkylation sites (tertiary alicyclic amines) is 1. The predicted octanol–water partition coefficient (Wildman–Crippen LogP) is 2.12. The molecule has 6 heteroatoms. The van der Waals surface area contributed by atoms with Crippen LogP contribution < -0.4 is 5.73 Å². The Morgan fingerprint density at radius 3 is 2.32 bits per heavy atom. The highest BCUT2D eigenvalue weighted by Gasteiger charge is 2.45. The van der Waals surface area contributed by atoms with Crippen LogP contribution >= 0.6 is 0 Å². The Bertz CT molecular complexity index is 550. The van der Waals surface area contributed by atoms with Crippen LogP contribution in [0.4, 0.5) is 8.78 Å². The van der Waals surface area contributed by atoms with Crippen LogP contribution in [0.3, 0.4) is 0 Å². The molecular formula is C16H22F2N2O2. The molecule has 3 atom stereocenters. The van der Waals surface area contributed by atoms with Crippen LogP contribution in [-0.4, -0.2) is 33.6 Å². The summed E-state index contributed by atoms with van der Waals surface area (Å²) in [5.74, 6) is -1.70. The average Bonchev–Trinajstić information content (AvgIpc) is 2.80. The summed E-state index contributed by atoms with van der Waals surface area (Å²) in [6, 6.07) is 1.57. The minimum absolute atomic E-state index is 0.334. The smallest absolute Gasteiger partial charge is 0.240 e. The number of carbonyl (C=O) groups is 1. The van der Waals surface area contributed by atoms with Crippen molar-refractivity contribution in [3.8, 4) is 0 Å². The minimum atomic E-state index is -1.12. The molecule has 1 aromatic rings. The zero-order valence-corrected chi connectivity index (χ0v) is 13.0. The van der Waals surface area contributed by atoms with Gasteiger partial charge in [-0.2, -0.15) is 0 Å². The number of nitrogens with two attached hydrogens (primary N) is 1. The molecule has 1 heterocycles. The van der Waals surface area contributed by atoms with Crippen molar-refractivity contribution in [3.05, 3.63) is 35.4 Å². The maximum absolute atomic E-state index is 13.5. The molecule has 0 aliphatic carbocycles. The molecule has 3 N–H and O–H groups in total. The van der Waals surface area contributed by atoms with E-state index in [-0.39, 0.29) is 5.91 Å². The van der Waals surface area contributed by atoms with Gasteiger partial charge < -0.3 is 15.7 Å². The standard InChI is InChI=1S/C16H22F2N2O2/c1-9(19)15(21)20-13(4-5-14(20)16(2,3)22)10-6-11(17)8-12(18)7-10/h6-9,13-14,22H,4-5,19H2,1-3H3/t9-,13+,14?/m1/s1. The molecule has 0 spiro atoms. The van der Waals surface area contributed by atoms with E-state index in [1.807, 2.05) is 0 Å². The molecule has 1 fully saturated rings. The lowest BCUT2D eigenvalue weighted by Gasteiger charge is -2.38. The van der Waals surface area contributed by atoms with Gasteiger partial charge in [0.15, 0.2) is 0 Å². The minimum Gasteiger partial charge on any atom is -0.388 e. The Labute approximate surface area is 128 Å². The second-order valence-electron chi connectivity index (χ2n) is 6.50. The number of hydrogen-bond donors (Lipinski definition) is 2. The first-order valence-corrected chi connectivity index (χ1v) is 7.37. The van der Waals surface area contributed by atoms with Gasteiger partial charge in [-0.05, 0) is 51.3 Å². The van der Waals surface area contributed by atoms with Crippen LogP contribution in [0, 0.1) is 11.6 Å². The van der Waals surface area contributed by atoms with Crippen molar-refractivity contribution >= 4 is 5.91 Å². The maximum atomic E-state index is 13.5. The Morgan fingerprint density at radius 2 is 1.86 bits per heavy atom. The Hall–Kier alpha value is -1.53. The lowest BCUT2D eigenvalue weighted by molar-refractivity contribution is -0.140. The number of aliphatic hydroxyl groups is 1. The van der Waals surface area contributed by atoms with Gasteiger partial charge >= 0.3 is 0 Å². The third kappa shape index (κ3) is 3.28. The molecule has 1 aliphatic heterocycles.